The number of nitrogens with zero attached hydrogens (tertiary/aromatic N) is 1. The van der Waals surface area contributed by atoms with Crippen molar-refractivity contribution in [2.45, 2.75) is 0 Å². The van der Waals surface area contributed by atoms with Crippen LogP contribution in [0, 0.1) is 10.1 Å². The summed E-state index contributed by atoms with van der Waals surface area (Å²) >= 11 is 0. The standard InChI is InChI=1S/C16H9NO6/c18-12-6-3-10-7-13(16(20)23-14(10)8-12)15(19)9-1-4-11(5-2-9)17(21)22/h1-8,18H. The minimum absolute atomic E-state index is 0.0601. The minimum atomic E-state index is -0.841. The fourth-order valence-corrected chi connectivity index (χ4v) is 2.15. The molecule has 0 spiro atoms. The summed E-state index contributed by atoms with van der Waals surface area (Å²) in [5, 5.41) is 20.5. The molecule has 0 bridgehead atoms. The summed E-state index contributed by atoms with van der Waals surface area (Å²) in [4.78, 5) is 34.4. The number of fused-ring (bicyclic) bond motifs is 1. The van der Waals surface area contributed by atoms with Crippen LogP contribution in [-0.2, 0) is 0 Å². The first-order valence-electron chi connectivity index (χ1n) is 6.52. The van der Waals surface area contributed by atoms with Gasteiger partial charge in [-0.3, -0.25) is 14.9 Å². The first-order chi connectivity index (χ1) is 11.0. The van der Waals surface area contributed by atoms with Crippen LogP contribution in [-0.4, -0.2) is 15.8 Å². The Morgan fingerprint density at radius 3 is 2.43 bits per heavy atom. The van der Waals surface area contributed by atoms with Gasteiger partial charge < -0.3 is 9.52 Å². The van der Waals surface area contributed by atoms with Gasteiger partial charge in [0.25, 0.3) is 5.69 Å². The Morgan fingerprint density at radius 2 is 1.78 bits per heavy atom. The molecule has 0 saturated heterocycles. The number of aromatic hydroxyl groups is 1. The van der Waals surface area contributed by atoms with Crippen LogP contribution in [0.1, 0.15) is 15.9 Å². The number of hydrogen-bond acceptors (Lipinski definition) is 6. The van der Waals surface area contributed by atoms with Gasteiger partial charge in [0.2, 0.25) is 0 Å². The van der Waals surface area contributed by atoms with Crippen molar-refractivity contribution < 1.29 is 19.2 Å². The summed E-state index contributed by atoms with van der Waals surface area (Å²) in [5.41, 5.74) is -0.873. The Morgan fingerprint density at radius 1 is 1.09 bits per heavy atom. The van der Waals surface area contributed by atoms with Gasteiger partial charge in [0, 0.05) is 29.1 Å². The van der Waals surface area contributed by atoms with Crippen molar-refractivity contribution in [1.29, 1.82) is 0 Å². The first-order valence-corrected chi connectivity index (χ1v) is 6.52. The molecule has 7 heteroatoms. The topological polar surface area (TPSA) is 111 Å². The average molecular weight is 311 g/mol. The Hall–Kier alpha value is -3.48. The van der Waals surface area contributed by atoms with Crippen LogP contribution >= 0.6 is 0 Å². The lowest BCUT2D eigenvalue weighted by Gasteiger charge is -2.02. The molecular formula is C16H9NO6. The molecule has 2 aromatic carbocycles. The van der Waals surface area contributed by atoms with E-state index in [0.29, 0.717) is 5.39 Å². The lowest BCUT2D eigenvalue weighted by Crippen LogP contribution is -2.14. The SMILES string of the molecule is O=C(c1ccc([N+](=O)[O-])cc1)c1cc2ccc(O)cc2oc1=O. The molecule has 23 heavy (non-hydrogen) atoms. The number of non-ortho nitro benzene ring substituents is 1. The Labute approximate surface area is 128 Å². The van der Waals surface area contributed by atoms with Gasteiger partial charge >= 0.3 is 5.63 Å². The van der Waals surface area contributed by atoms with Gasteiger partial charge in [-0.1, -0.05) is 0 Å². The van der Waals surface area contributed by atoms with E-state index in [1.807, 2.05) is 0 Å². The summed E-state index contributed by atoms with van der Waals surface area (Å²) < 4.78 is 5.03. The highest BCUT2D eigenvalue weighted by Gasteiger charge is 2.17. The summed E-state index contributed by atoms with van der Waals surface area (Å²) in [6.45, 7) is 0. The van der Waals surface area contributed by atoms with Crippen molar-refractivity contribution in [2.75, 3.05) is 0 Å². The van der Waals surface area contributed by atoms with E-state index in [2.05, 4.69) is 0 Å². The largest absolute Gasteiger partial charge is 0.508 e. The lowest BCUT2D eigenvalue weighted by molar-refractivity contribution is -0.384. The van der Waals surface area contributed by atoms with Crippen molar-refractivity contribution in [3.63, 3.8) is 0 Å². The monoisotopic (exact) mass is 311 g/mol. The van der Waals surface area contributed by atoms with E-state index in [4.69, 9.17) is 4.42 Å². The van der Waals surface area contributed by atoms with Crippen LogP contribution in [0.15, 0.2) is 57.7 Å². The number of benzene rings is 2. The molecule has 3 aromatic rings. The molecular weight excluding hydrogens is 302 g/mol. The molecule has 0 saturated carbocycles. The van der Waals surface area contributed by atoms with Crippen molar-refractivity contribution in [1.82, 2.24) is 0 Å². The molecule has 0 unspecified atom stereocenters. The van der Waals surface area contributed by atoms with Crippen LogP contribution in [0.25, 0.3) is 11.0 Å². The normalized spacial score (nSPS) is 10.6. The Balaban J connectivity index is 2.06. The first kappa shape index (κ1) is 14.5. The molecule has 0 fully saturated rings. The van der Waals surface area contributed by atoms with Crippen molar-refractivity contribution in [3.8, 4) is 5.75 Å². The molecule has 0 aliphatic rings. The third-order valence-electron chi connectivity index (χ3n) is 3.30. The van der Waals surface area contributed by atoms with E-state index < -0.39 is 16.3 Å². The fourth-order valence-electron chi connectivity index (χ4n) is 2.15. The van der Waals surface area contributed by atoms with E-state index in [1.54, 1.807) is 0 Å². The third kappa shape index (κ3) is 2.67. The molecule has 0 amide bonds. The molecule has 3 rings (SSSR count). The van der Waals surface area contributed by atoms with Gasteiger partial charge in [0.1, 0.15) is 16.9 Å². The van der Waals surface area contributed by atoms with E-state index in [9.17, 15) is 24.8 Å². The molecule has 0 aliphatic heterocycles. The van der Waals surface area contributed by atoms with Gasteiger partial charge in [-0.15, -0.1) is 0 Å². The molecule has 1 N–H and O–H groups in total. The quantitative estimate of drug-likeness (QED) is 0.344. The number of hydrogen-bond donors (Lipinski definition) is 1. The fraction of sp³-hybridized carbons (Fsp3) is 0. The highest BCUT2D eigenvalue weighted by Crippen LogP contribution is 2.21. The van der Waals surface area contributed by atoms with Gasteiger partial charge in [0.05, 0.1) is 4.92 Å². The number of carbonyl (C=O) groups is 1. The van der Waals surface area contributed by atoms with Gasteiger partial charge in [-0.05, 0) is 30.3 Å². The molecule has 1 heterocycles. The maximum atomic E-state index is 12.4. The number of phenols is 1. The third-order valence-corrected chi connectivity index (χ3v) is 3.30. The summed E-state index contributed by atoms with van der Waals surface area (Å²) in [6, 6.07) is 10.5. The van der Waals surface area contributed by atoms with Crippen molar-refractivity contribution in [2.24, 2.45) is 0 Å². The van der Waals surface area contributed by atoms with Crippen LogP contribution in [0.3, 0.4) is 0 Å². The zero-order chi connectivity index (χ0) is 16.6. The number of nitro benzene ring substituents is 1. The second kappa shape index (κ2) is 5.38. The number of carbonyl (C=O) groups excluding carboxylic acids is 1. The number of rotatable bonds is 3. The number of ketones is 1. The van der Waals surface area contributed by atoms with Crippen LogP contribution in [0.2, 0.25) is 0 Å². The molecule has 1 aromatic heterocycles. The Bertz CT molecular complexity index is 988. The van der Waals surface area contributed by atoms with E-state index >= 15 is 0 Å². The maximum absolute atomic E-state index is 12.4. The molecule has 0 atom stereocenters. The predicted octanol–water partition coefficient (Wildman–Crippen LogP) is 2.64. The molecule has 0 radical (unpaired) electrons. The van der Waals surface area contributed by atoms with Gasteiger partial charge in [-0.25, -0.2) is 4.79 Å². The van der Waals surface area contributed by atoms with Crippen LogP contribution in [0.4, 0.5) is 5.69 Å². The highest BCUT2D eigenvalue weighted by atomic mass is 16.6. The maximum Gasteiger partial charge on any atom is 0.347 e. The Kier molecular flexibility index (Phi) is 3.38. The summed E-state index contributed by atoms with van der Waals surface area (Å²) in [7, 11) is 0. The summed E-state index contributed by atoms with van der Waals surface area (Å²) in [5.74, 6) is -0.654. The number of nitro groups is 1. The molecule has 7 nitrogen and oxygen atoms in total. The predicted molar refractivity (Wildman–Crippen MR) is 80.7 cm³/mol. The van der Waals surface area contributed by atoms with E-state index in [-0.39, 0.29) is 28.1 Å². The van der Waals surface area contributed by atoms with E-state index in [1.165, 1.54) is 48.5 Å². The van der Waals surface area contributed by atoms with E-state index in [0.717, 1.165) is 0 Å². The van der Waals surface area contributed by atoms with Crippen LogP contribution in [0.5, 0.6) is 5.75 Å². The lowest BCUT2D eigenvalue weighted by atomic mass is 10.0. The zero-order valence-electron chi connectivity index (χ0n) is 11.6. The minimum Gasteiger partial charge on any atom is -0.508 e. The zero-order valence-corrected chi connectivity index (χ0v) is 11.6. The van der Waals surface area contributed by atoms with Crippen molar-refractivity contribution >= 4 is 22.4 Å². The van der Waals surface area contributed by atoms with Crippen LogP contribution < -0.4 is 5.63 Å². The smallest absolute Gasteiger partial charge is 0.347 e. The number of phenolic OH excluding ortho intramolecular Hbond substituents is 1. The van der Waals surface area contributed by atoms with Gasteiger partial charge in [0.15, 0.2) is 5.78 Å². The molecule has 0 aliphatic carbocycles. The van der Waals surface area contributed by atoms with Gasteiger partial charge in [-0.2, -0.15) is 0 Å². The average Bonchev–Trinajstić information content (AvgIpc) is 2.53. The molecule has 114 valence electrons. The van der Waals surface area contributed by atoms with Crippen molar-refractivity contribution in [3.05, 3.63) is 80.2 Å². The highest BCUT2D eigenvalue weighted by molar-refractivity contribution is 6.09. The second-order valence-electron chi connectivity index (χ2n) is 4.80. The second-order valence-corrected chi connectivity index (χ2v) is 4.80. The summed E-state index contributed by atoms with van der Waals surface area (Å²) in [6.07, 6.45) is 0.